The minimum atomic E-state index is -0.0231. The van der Waals surface area contributed by atoms with Crippen LogP contribution in [0, 0.1) is 23.7 Å². The number of hydrogen-bond acceptors (Lipinski definition) is 1. The van der Waals surface area contributed by atoms with Crippen LogP contribution in [0.3, 0.4) is 0 Å². The Morgan fingerprint density at radius 1 is 1.35 bits per heavy atom. The number of carbonyl (C=O) groups is 1. The van der Waals surface area contributed by atoms with E-state index in [1.165, 1.54) is 12.8 Å². The third kappa shape index (κ3) is 4.40. The Morgan fingerprint density at radius 3 is 2.70 bits per heavy atom. The Morgan fingerprint density at radius 2 is 2.04 bits per heavy atom. The van der Waals surface area contributed by atoms with E-state index in [-0.39, 0.29) is 11.2 Å². The van der Waals surface area contributed by atoms with Crippen LogP contribution in [-0.4, -0.2) is 25.7 Å². The first-order valence-corrected chi connectivity index (χ1v) is 9.07. The molecular formula is C20H32BNO. The van der Waals surface area contributed by atoms with Gasteiger partial charge in [-0.2, -0.15) is 0 Å². The second kappa shape index (κ2) is 7.11. The van der Waals surface area contributed by atoms with Gasteiger partial charge in [0.2, 0.25) is 5.91 Å². The number of rotatable bonds is 3. The van der Waals surface area contributed by atoms with Gasteiger partial charge in [0.15, 0.2) is 0 Å². The first-order chi connectivity index (χ1) is 10.7. The Labute approximate surface area is 143 Å². The number of likely N-dealkylation sites (N-methyl/N-ethyl adjacent to an activating group) is 1. The highest BCUT2D eigenvalue weighted by molar-refractivity contribution is 6.18. The molecule has 0 bridgehead atoms. The van der Waals surface area contributed by atoms with E-state index in [0.717, 1.165) is 12.1 Å². The number of carbonyl (C=O) groups excluding carboxylic acids is 1. The molecule has 0 aromatic rings. The second-order valence-corrected chi connectivity index (χ2v) is 8.44. The summed E-state index contributed by atoms with van der Waals surface area (Å²) in [6, 6.07) is 0. The summed E-state index contributed by atoms with van der Waals surface area (Å²) in [5.74, 6) is 2.20. The monoisotopic (exact) mass is 313 g/mol. The van der Waals surface area contributed by atoms with Crippen molar-refractivity contribution in [2.24, 2.45) is 23.7 Å². The lowest BCUT2D eigenvalue weighted by Gasteiger charge is -2.38. The van der Waals surface area contributed by atoms with Crippen LogP contribution in [0.5, 0.6) is 0 Å². The summed E-state index contributed by atoms with van der Waals surface area (Å²) >= 11 is 0. The molecule has 126 valence electrons. The highest BCUT2D eigenvalue weighted by atomic mass is 16.2. The zero-order chi connectivity index (χ0) is 17.2. The van der Waals surface area contributed by atoms with Crippen molar-refractivity contribution in [3.63, 3.8) is 0 Å². The largest absolute Gasteiger partial charge is 0.316 e. The first kappa shape index (κ1) is 18.1. The van der Waals surface area contributed by atoms with Gasteiger partial charge in [0.1, 0.15) is 7.85 Å². The zero-order valence-electron chi connectivity index (χ0n) is 15.7. The lowest BCUT2D eigenvalue weighted by atomic mass is 9.69. The first-order valence-electron chi connectivity index (χ1n) is 9.07. The fourth-order valence-corrected chi connectivity index (χ4v) is 4.01. The third-order valence-electron chi connectivity index (χ3n) is 5.48. The highest BCUT2D eigenvalue weighted by Gasteiger charge is 2.37. The molecule has 0 aliphatic heterocycles. The summed E-state index contributed by atoms with van der Waals surface area (Å²) in [7, 11) is 4.12. The van der Waals surface area contributed by atoms with Gasteiger partial charge < -0.3 is 4.90 Å². The fraction of sp³-hybridized carbons (Fsp3) is 0.650. The quantitative estimate of drug-likeness (QED) is 0.722. The van der Waals surface area contributed by atoms with E-state index >= 15 is 0 Å². The summed E-state index contributed by atoms with van der Waals surface area (Å²) in [6.07, 6.45) is 14.0. The van der Waals surface area contributed by atoms with E-state index in [0.29, 0.717) is 23.7 Å². The zero-order valence-corrected chi connectivity index (χ0v) is 15.7. The molecule has 0 aromatic heterocycles. The average molecular weight is 313 g/mol. The van der Waals surface area contributed by atoms with Gasteiger partial charge in [-0.1, -0.05) is 58.4 Å². The van der Waals surface area contributed by atoms with Gasteiger partial charge in [-0.3, -0.25) is 4.79 Å². The maximum Gasteiger partial charge on any atom is 0.230 e. The molecule has 0 heterocycles. The van der Waals surface area contributed by atoms with Crippen molar-refractivity contribution in [2.45, 2.75) is 52.3 Å². The Kier molecular flexibility index (Phi) is 5.59. The molecule has 2 nitrogen and oxygen atoms in total. The molecule has 2 rings (SSSR count). The van der Waals surface area contributed by atoms with Crippen molar-refractivity contribution in [3.05, 3.63) is 36.1 Å². The van der Waals surface area contributed by atoms with Crippen molar-refractivity contribution in [1.29, 1.82) is 0 Å². The van der Waals surface area contributed by atoms with Crippen molar-refractivity contribution < 1.29 is 4.79 Å². The Bertz CT molecular complexity index is 530. The average Bonchev–Trinajstić information content (AvgIpc) is 2.66. The summed E-state index contributed by atoms with van der Waals surface area (Å²) < 4.78 is 0. The standard InChI is InChI=1S/C20H32BNO/c1-14(2)17-10-9-15(3)12-18(17)19(23)22(5)16-8-6-7-11-20(4,21)13-16/h6-8,11,13-15,17-18H,9-10,12,21H2,1-5H3/t15-,17+,18?,20?/m1/s1. The van der Waals surface area contributed by atoms with Crippen LogP contribution in [0.15, 0.2) is 36.1 Å². The number of hydrogen-bond donors (Lipinski definition) is 0. The second-order valence-electron chi connectivity index (χ2n) is 8.44. The molecule has 2 aliphatic rings. The molecule has 1 saturated carbocycles. The maximum atomic E-state index is 13.2. The molecule has 0 N–H and O–H groups in total. The highest BCUT2D eigenvalue weighted by Crippen LogP contribution is 2.39. The van der Waals surface area contributed by atoms with Crippen LogP contribution in [0.2, 0.25) is 5.31 Å². The van der Waals surface area contributed by atoms with Crippen LogP contribution in [0.4, 0.5) is 0 Å². The van der Waals surface area contributed by atoms with Gasteiger partial charge in [0.25, 0.3) is 0 Å². The van der Waals surface area contributed by atoms with Crippen LogP contribution in [0.25, 0.3) is 0 Å². The van der Waals surface area contributed by atoms with Crippen molar-refractivity contribution in [2.75, 3.05) is 7.05 Å². The fourth-order valence-electron chi connectivity index (χ4n) is 4.01. The molecule has 0 spiro atoms. The van der Waals surface area contributed by atoms with Crippen molar-refractivity contribution in [3.8, 4) is 0 Å². The summed E-state index contributed by atoms with van der Waals surface area (Å²) in [5.41, 5.74) is 1.02. The summed E-state index contributed by atoms with van der Waals surface area (Å²) in [6.45, 7) is 8.99. The molecule has 4 atom stereocenters. The lowest BCUT2D eigenvalue weighted by Crippen LogP contribution is -2.40. The van der Waals surface area contributed by atoms with Gasteiger partial charge in [0, 0.05) is 18.7 Å². The van der Waals surface area contributed by atoms with Gasteiger partial charge >= 0.3 is 0 Å². The molecule has 0 radical (unpaired) electrons. The van der Waals surface area contributed by atoms with E-state index in [9.17, 15) is 4.79 Å². The minimum Gasteiger partial charge on any atom is -0.316 e. The number of allylic oxidation sites excluding steroid dienone is 5. The van der Waals surface area contributed by atoms with Crippen LogP contribution in [-0.2, 0) is 4.79 Å². The Hall–Kier alpha value is -1.25. The molecular weight excluding hydrogens is 281 g/mol. The van der Waals surface area contributed by atoms with E-state index in [4.69, 9.17) is 0 Å². The third-order valence-corrected chi connectivity index (χ3v) is 5.48. The van der Waals surface area contributed by atoms with E-state index in [1.54, 1.807) is 0 Å². The molecule has 2 unspecified atom stereocenters. The molecule has 2 aliphatic carbocycles. The van der Waals surface area contributed by atoms with Gasteiger partial charge in [-0.15, -0.1) is 0 Å². The summed E-state index contributed by atoms with van der Waals surface area (Å²) in [5, 5.41) is -0.0231. The molecule has 0 aromatic carbocycles. The summed E-state index contributed by atoms with van der Waals surface area (Å²) in [4.78, 5) is 15.1. The predicted molar refractivity (Wildman–Crippen MR) is 101 cm³/mol. The maximum absolute atomic E-state index is 13.2. The van der Waals surface area contributed by atoms with Crippen LogP contribution < -0.4 is 0 Å². The van der Waals surface area contributed by atoms with Crippen LogP contribution in [0.1, 0.15) is 47.0 Å². The molecule has 1 fully saturated rings. The van der Waals surface area contributed by atoms with E-state index < -0.39 is 0 Å². The van der Waals surface area contributed by atoms with Crippen molar-refractivity contribution in [1.82, 2.24) is 4.90 Å². The minimum absolute atomic E-state index is 0.0231. The Balaban J connectivity index is 2.22. The molecule has 1 amide bonds. The molecule has 23 heavy (non-hydrogen) atoms. The number of nitrogens with zero attached hydrogens (tertiary/aromatic N) is 1. The van der Waals surface area contributed by atoms with Gasteiger partial charge in [-0.05, 0) is 42.0 Å². The lowest BCUT2D eigenvalue weighted by molar-refractivity contribution is -0.136. The normalized spacial score (nSPS) is 34.2. The van der Waals surface area contributed by atoms with E-state index in [1.807, 2.05) is 18.0 Å². The van der Waals surface area contributed by atoms with Crippen LogP contribution >= 0.6 is 0 Å². The molecule has 0 saturated heterocycles. The van der Waals surface area contributed by atoms with Gasteiger partial charge in [-0.25, -0.2) is 0 Å². The van der Waals surface area contributed by atoms with E-state index in [2.05, 4.69) is 59.8 Å². The molecule has 3 heteroatoms. The van der Waals surface area contributed by atoms with Gasteiger partial charge in [0.05, 0.1) is 0 Å². The predicted octanol–water partition coefficient (Wildman–Crippen LogP) is 3.97. The topological polar surface area (TPSA) is 20.3 Å². The number of amides is 1. The SMILES string of the molecule is BC1(C)C=CC=CC(N(C)C(=O)C2C[C@H](C)CC[C@H]2C(C)C)=C1. The van der Waals surface area contributed by atoms with Crippen molar-refractivity contribution >= 4 is 13.8 Å². The smallest absolute Gasteiger partial charge is 0.230 e.